The fourth-order valence-corrected chi connectivity index (χ4v) is 2.70. The van der Waals surface area contributed by atoms with E-state index in [1.54, 1.807) is 24.5 Å². The van der Waals surface area contributed by atoms with Crippen molar-refractivity contribution in [2.24, 2.45) is 0 Å². The van der Waals surface area contributed by atoms with Gasteiger partial charge in [-0.05, 0) is 30.7 Å². The number of rotatable bonds is 4. The maximum absolute atomic E-state index is 12.9. The second kappa shape index (κ2) is 6.71. The van der Waals surface area contributed by atoms with Gasteiger partial charge in [0.25, 0.3) is 0 Å². The smallest absolute Gasteiger partial charge is 0.213 e. The van der Waals surface area contributed by atoms with E-state index in [9.17, 15) is 4.79 Å². The highest BCUT2D eigenvalue weighted by molar-refractivity contribution is 6.30. The van der Waals surface area contributed by atoms with Gasteiger partial charge in [0.15, 0.2) is 0 Å². The standard InChI is InChI=1S/C20H15ClN2O/c1-3-10-23-13-18(15-7-5-9-17(21)12-15)19(22-23)20(24)16-8-4-6-14(2)11-16/h4-13H,1H2,2H3. The summed E-state index contributed by atoms with van der Waals surface area (Å²) in [6.45, 7) is 5.50. The van der Waals surface area contributed by atoms with E-state index in [0.717, 1.165) is 16.7 Å². The maximum atomic E-state index is 12.9. The average Bonchev–Trinajstić information content (AvgIpc) is 2.98. The second-order valence-electron chi connectivity index (χ2n) is 5.41. The topological polar surface area (TPSA) is 34.9 Å². The second-order valence-corrected chi connectivity index (χ2v) is 5.85. The molecule has 0 N–H and O–H groups in total. The molecule has 0 spiro atoms. The number of carbonyl (C=O) groups is 1. The molecule has 3 nitrogen and oxygen atoms in total. The molecule has 0 aliphatic carbocycles. The molecule has 0 saturated carbocycles. The Balaban J connectivity index is 2.16. The minimum atomic E-state index is -0.134. The van der Waals surface area contributed by atoms with Gasteiger partial charge in [-0.1, -0.05) is 54.1 Å². The van der Waals surface area contributed by atoms with Crippen LogP contribution in [0.15, 0.2) is 67.0 Å². The molecule has 24 heavy (non-hydrogen) atoms. The van der Waals surface area contributed by atoms with Gasteiger partial charge in [0.2, 0.25) is 5.78 Å². The number of halogens is 1. The molecule has 0 radical (unpaired) electrons. The Labute approximate surface area is 145 Å². The van der Waals surface area contributed by atoms with Crippen LogP contribution < -0.4 is 0 Å². The quantitative estimate of drug-likeness (QED) is 0.497. The lowest BCUT2D eigenvalue weighted by atomic mass is 10.00. The van der Waals surface area contributed by atoms with Crippen molar-refractivity contribution in [3.05, 3.63) is 88.9 Å². The third-order valence-electron chi connectivity index (χ3n) is 3.59. The van der Waals surface area contributed by atoms with Gasteiger partial charge >= 0.3 is 0 Å². The fourth-order valence-electron chi connectivity index (χ4n) is 2.51. The van der Waals surface area contributed by atoms with Crippen molar-refractivity contribution in [2.45, 2.75) is 6.92 Å². The van der Waals surface area contributed by atoms with Gasteiger partial charge in [-0.15, -0.1) is 5.73 Å². The number of nitrogens with zero attached hydrogens (tertiary/aromatic N) is 2. The predicted octanol–water partition coefficient (Wildman–Crippen LogP) is 5.00. The molecule has 3 rings (SSSR count). The fraction of sp³-hybridized carbons (Fsp3) is 0.0500. The maximum Gasteiger partial charge on any atom is 0.213 e. The van der Waals surface area contributed by atoms with Crippen molar-refractivity contribution >= 4 is 23.6 Å². The molecule has 0 bridgehead atoms. The Morgan fingerprint density at radius 3 is 2.75 bits per heavy atom. The summed E-state index contributed by atoms with van der Waals surface area (Å²) < 4.78 is 1.53. The summed E-state index contributed by atoms with van der Waals surface area (Å²) in [7, 11) is 0. The van der Waals surface area contributed by atoms with Crippen LogP contribution in [0.25, 0.3) is 17.3 Å². The van der Waals surface area contributed by atoms with Crippen molar-refractivity contribution in [1.82, 2.24) is 9.78 Å². The lowest BCUT2D eigenvalue weighted by Gasteiger charge is -2.04. The monoisotopic (exact) mass is 334 g/mol. The Kier molecular flexibility index (Phi) is 4.48. The molecule has 3 aromatic rings. The van der Waals surface area contributed by atoms with Crippen LogP contribution in [0.4, 0.5) is 0 Å². The van der Waals surface area contributed by atoms with E-state index in [1.807, 2.05) is 43.3 Å². The summed E-state index contributed by atoms with van der Waals surface area (Å²) in [6, 6.07) is 14.8. The third kappa shape index (κ3) is 3.23. The Morgan fingerprint density at radius 1 is 1.25 bits per heavy atom. The van der Waals surface area contributed by atoms with Gasteiger partial charge in [0.05, 0.1) is 6.20 Å². The summed E-state index contributed by atoms with van der Waals surface area (Å²) >= 11 is 6.09. The molecule has 0 atom stereocenters. The van der Waals surface area contributed by atoms with Gasteiger partial charge in [0.1, 0.15) is 5.69 Å². The molecule has 118 valence electrons. The summed E-state index contributed by atoms with van der Waals surface area (Å²) in [5, 5.41) is 4.98. The molecular formula is C20H15ClN2O. The lowest BCUT2D eigenvalue weighted by molar-refractivity contribution is 0.103. The van der Waals surface area contributed by atoms with Crippen LogP contribution in [0.3, 0.4) is 0 Å². The van der Waals surface area contributed by atoms with Gasteiger partial charge in [-0.3, -0.25) is 4.79 Å². The molecule has 0 aliphatic heterocycles. The Hall–Kier alpha value is -2.87. The number of benzene rings is 2. The van der Waals surface area contributed by atoms with Gasteiger partial charge in [-0.25, -0.2) is 4.68 Å². The number of aromatic nitrogens is 2. The van der Waals surface area contributed by atoms with Crippen LogP contribution in [-0.2, 0) is 0 Å². The minimum Gasteiger partial charge on any atom is -0.287 e. The molecule has 1 heterocycles. The third-order valence-corrected chi connectivity index (χ3v) is 3.82. The Bertz CT molecular complexity index is 965. The van der Waals surface area contributed by atoms with Crippen LogP contribution in [0.1, 0.15) is 21.6 Å². The zero-order chi connectivity index (χ0) is 17.1. The van der Waals surface area contributed by atoms with E-state index in [0.29, 0.717) is 16.3 Å². The highest BCUT2D eigenvalue weighted by Crippen LogP contribution is 2.27. The molecule has 2 aromatic carbocycles. The van der Waals surface area contributed by atoms with Gasteiger partial charge in [-0.2, -0.15) is 5.10 Å². The number of hydrogen-bond acceptors (Lipinski definition) is 2. The highest BCUT2D eigenvalue weighted by atomic mass is 35.5. The predicted molar refractivity (Wildman–Crippen MR) is 97.2 cm³/mol. The molecule has 0 saturated heterocycles. The van der Waals surface area contributed by atoms with E-state index in [-0.39, 0.29) is 5.78 Å². The minimum absolute atomic E-state index is 0.134. The summed E-state index contributed by atoms with van der Waals surface area (Å²) in [5.41, 5.74) is 6.21. The van der Waals surface area contributed by atoms with E-state index in [4.69, 9.17) is 11.6 Å². The summed E-state index contributed by atoms with van der Waals surface area (Å²) in [4.78, 5) is 12.9. The van der Waals surface area contributed by atoms with Crippen molar-refractivity contribution < 1.29 is 4.79 Å². The van der Waals surface area contributed by atoms with Crippen molar-refractivity contribution in [3.63, 3.8) is 0 Å². The van der Waals surface area contributed by atoms with E-state index < -0.39 is 0 Å². The first-order chi connectivity index (χ1) is 11.6. The van der Waals surface area contributed by atoms with Crippen LogP contribution in [0, 0.1) is 6.92 Å². The van der Waals surface area contributed by atoms with E-state index in [1.165, 1.54) is 4.68 Å². The number of hydrogen-bond donors (Lipinski definition) is 0. The van der Waals surface area contributed by atoms with Crippen LogP contribution in [0.2, 0.25) is 5.02 Å². The number of aryl methyl sites for hydroxylation is 1. The van der Waals surface area contributed by atoms with Crippen molar-refractivity contribution in [2.75, 3.05) is 0 Å². The summed E-state index contributed by atoms with van der Waals surface area (Å²) in [6.07, 6.45) is 3.34. The Morgan fingerprint density at radius 2 is 2.04 bits per heavy atom. The zero-order valence-electron chi connectivity index (χ0n) is 13.2. The first kappa shape index (κ1) is 16.0. The van der Waals surface area contributed by atoms with Crippen LogP contribution in [0.5, 0.6) is 0 Å². The first-order valence-electron chi connectivity index (χ1n) is 7.41. The van der Waals surface area contributed by atoms with Crippen molar-refractivity contribution in [3.8, 4) is 11.1 Å². The highest BCUT2D eigenvalue weighted by Gasteiger charge is 2.19. The lowest BCUT2D eigenvalue weighted by Crippen LogP contribution is -2.04. The average molecular weight is 335 g/mol. The van der Waals surface area contributed by atoms with Gasteiger partial charge in [0, 0.05) is 22.3 Å². The molecular weight excluding hydrogens is 320 g/mol. The van der Waals surface area contributed by atoms with E-state index in [2.05, 4.69) is 17.4 Å². The van der Waals surface area contributed by atoms with Crippen LogP contribution in [-0.4, -0.2) is 15.6 Å². The molecule has 0 unspecified atom stereocenters. The van der Waals surface area contributed by atoms with E-state index >= 15 is 0 Å². The number of carbonyl (C=O) groups excluding carboxylic acids is 1. The van der Waals surface area contributed by atoms with Crippen LogP contribution >= 0.6 is 11.6 Å². The molecule has 0 fully saturated rings. The SMILES string of the molecule is C=C=Cn1cc(-c2cccc(Cl)c2)c(C(=O)c2cccc(C)c2)n1. The largest absolute Gasteiger partial charge is 0.287 e. The zero-order valence-corrected chi connectivity index (χ0v) is 13.9. The van der Waals surface area contributed by atoms with Gasteiger partial charge < -0.3 is 0 Å². The normalized spacial score (nSPS) is 10.2. The molecule has 1 aromatic heterocycles. The number of ketones is 1. The first-order valence-corrected chi connectivity index (χ1v) is 7.78. The summed E-state index contributed by atoms with van der Waals surface area (Å²) in [5.74, 6) is -0.134. The molecule has 0 aliphatic rings. The molecule has 4 heteroatoms. The van der Waals surface area contributed by atoms with Crippen molar-refractivity contribution in [1.29, 1.82) is 0 Å². The molecule has 0 amide bonds.